The lowest BCUT2D eigenvalue weighted by molar-refractivity contribution is -0.137. The number of aromatic nitrogens is 2. The average molecular weight is 333 g/mol. The molecular formula is C13H12ClF3N4O. The molecule has 0 aliphatic heterocycles. The minimum absolute atomic E-state index is 0.0448. The highest BCUT2D eigenvalue weighted by molar-refractivity contribution is 6.31. The zero-order chi connectivity index (χ0) is 16.3. The number of hydrogen-bond donors (Lipinski definition) is 2. The number of anilines is 1. The van der Waals surface area contributed by atoms with Crippen molar-refractivity contribution in [2.75, 3.05) is 5.32 Å². The fourth-order valence-electron chi connectivity index (χ4n) is 1.75. The number of hydrogen-bond acceptors (Lipinski definition) is 2. The van der Waals surface area contributed by atoms with E-state index in [4.69, 9.17) is 11.6 Å². The number of alkyl halides is 3. The van der Waals surface area contributed by atoms with Crippen LogP contribution >= 0.6 is 11.6 Å². The van der Waals surface area contributed by atoms with Gasteiger partial charge in [-0.1, -0.05) is 17.7 Å². The summed E-state index contributed by atoms with van der Waals surface area (Å²) >= 11 is 5.88. The summed E-state index contributed by atoms with van der Waals surface area (Å²) in [6.07, 6.45) is -3.03. The van der Waals surface area contributed by atoms with E-state index in [2.05, 4.69) is 15.7 Å². The van der Waals surface area contributed by atoms with Gasteiger partial charge in [-0.2, -0.15) is 18.3 Å². The fraction of sp³-hybridized carbons (Fsp3) is 0.231. The summed E-state index contributed by atoms with van der Waals surface area (Å²) in [5.74, 6) is 0. The van der Waals surface area contributed by atoms with Crippen molar-refractivity contribution in [1.29, 1.82) is 0 Å². The van der Waals surface area contributed by atoms with E-state index in [1.165, 1.54) is 23.0 Å². The van der Waals surface area contributed by atoms with Gasteiger partial charge in [0.15, 0.2) is 0 Å². The number of carbonyl (C=O) groups excluding carboxylic acids is 1. The summed E-state index contributed by atoms with van der Waals surface area (Å²) in [6, 6.07) is 3.73. The van der Waals surface area contributed by atoms with Gasteiger partial charge in [-0.25, -0.2) is 4.79 Å². The van der Waals surface area contributed by atoms with Crippen LogP contribution in [0.1, 0.15) is 11.3 Å². The molecule has 118 valence electrons. The molecule has 0 atom stereocenters. The Bertz CT molecular complexity index is 665. The minimum atomic E-state index is -4.46. The normalized spacial score (nSPS) is 11.3. The number of urea groups is 1. The maximum Gasteiger partial charge on any atom is 0.416 e. The maximum absolute atomic E-state index is 12.6. The molecule has 0 aliphatic rings. The lowest BCUT2D eigenvalue weighted by atomic mass is 10.2. The third-order valence-electron chi connectivity index (χ3n) is 2.87. The zero-order valence-electron chi connectivity index (χ0n) is 11.4. The van der Waals surface area contributed by atoms with E-state index >= 15 is 0 Å². The number of nitrogens with zero attached hydrogens (tertiary/aromatic N) is 2. The molecule has 1 heterocycles. The molecule has 2 rings (SSSR count). The molecular weight excluding hydrogens is 321 g/mol. The lowest BCUT2D eigenvalue weighted by Gasteiger charge is -2.11. The molecule has 2 aromatic rings. The Balaban J connectivity index is 1.98. The van der Waals surface area contributed by atoms with Gasteiger partial charge in [0.25, 0.3) is 0 Å². The molecule has 5 nitrogen and oxygen atoms in total. The third kappa shape index (κ3) is 3.91. The first-order chi connectivity index (χ1) is 10.3. The molecule has 2 amide bonds. The number of carbonyl (C=O) groups is 1. The second-order valence-corrected chi connectivity index (χ2v) is 4.86. The van der Waals surface area contributed by atoms with Gasteiger partial charge >= 0.3 is 12.2 Å². The minimum Gasteiger partial charge on any atom is -0.332 e. The average Bonchev–Trinajstić information content (AvgIpc) is 2.75. The second-order valence-electron chi connectivity index (χ2n) is 4.45. The Morgan fingerprint density at radius 3 is 2.73 bits per heavy atom. The number of rotatable bonds is 3. The summed E-state index contributed by atoms with van der Waals surface area (Å²) in [5.41, 5.74) is -0.204. The van der Waals surface area contributed by atoms with Crippen molar-refractivity contribution in [3.8, 4) is 0 Å². The summed E-state index contributed by atoms with van der Waals surface area (Å²) < 4.78 is 39.2. The van der Waals surface area contributed by atoms with Crippen molar-refractivity contribution in [2.45, 2.75) is 12.7 Å². The van der Waals surface area contributed by atoms with E-state index < -0.39 is 17.8 Å². The molecule has 0 aliphatic carbocycles. The summed E-state index contributed by atoms with van der Waals surface area (Å²) in [5, 5.41) is 9.13. The largest absolute Gasteiger partial charge is 0.416 e. The highest BCUT2D eigenvalue weighted by Crippen LogP contribution is 2.30. The molecule has 9 heteroatoms. The van der Waals surface area contributed by atoms with E-state index in [-0.39, 0.29) is 12.2 Å². The van der Waals surface area contributed by atoms with Crippen molar-refractivity contribution in [1.82, 2.24) is 15.1 Å². The molecule has 1 aromatic carbocycles. The van der Waals surface area contributed by atoms with Crippen molar-refractivity contribution in [2.24, 2.45) is 7.05 Å². The first-order valence-electron chi connectivity index (χ1n) is 6.16. The van der Waals surface area contributed by atoms with Crippen LogP contribution in [-0.2, 0) is 19.8 Å². The van der Waals surface area contributed by atoms with Crippen LogP contribution in [0.4, 0.5) is 23.7 Å². The van der Waals surface area contributed by atoms with Crippen LogP contribution in [0.3, 0.4) is 0 Å². The Kier molecular flexibility index (Phi) is 4.60. The van der Waals surface area contributed by atoms with Gasteiger partial charge in [0.1, 0.15) is 0 Å². The number of halogens is 4. The molecule has 1 aromatic heterocycles. The Labute approximate surface area is 129 Å². The van der Waals surface area contributed by atoms with E-state index in [9.17, 15) is 18.0 Å². The van der Waals surface area contributed by atoms with Gasteiger partial charge in [-0.3, -0.25) is 4.68 Å². The van der Waals surface area contributed by atoms with Crippen molar-refractivity contribution in [3.05, 3.63) is 46.7 Å². The van der Waals surface area contributed by atoms with Gasteiger partial charge in [0.05, 0.1) is 29.0 Å². The topological polar surface area (TPSA) is 59.0 Å². The molecule has 0 bridgehead atoms. The Hall–Kier alpha value is -2.22. The monoisotopic (exact) mass is 332 g/mol. The van der Waals surface area contributed by atoms with Crippen LogP contribution in [0, 0.1) is 0 Å². The lowest BCUT2D eigenvalue weighted by Crippen LogP contribution is -2.29. The highest BCUT2D eigenvalue weighted by atomic mass is 35.5. The van der Waals surface area contributed by atoms with Gasteiger partial charge in [0, 0.05) is 12.7 Å². The predicted molar refractivity (Wildman–Crippen MR) is 75.5 cm³/mol. The van der Waals surface area contributed by atoms with E-state index in [1.807, 2.05) is 0 Å². The fourth-order valence-corrected chi connectivity index (χ4v) is 1.98. The molecule has 0 fully saturated rings. The second kappa shape index (κ2) is 6.27. The summed E-state index contributed by atoms with van der Waals surface area (Å²) in [6.45, 7) is 0.0973. The maximum atomic E-state index is 12.6. The molecule has 2 N–H and O–H groups in total. The summed E-state index contributed by atoms with van der Waals surface area (Å²) in [7, 11) is 1.66. The van der Waals surface area contributed by atoms with Crippen molar-refractivity contribution >= 4 is 23.3 Å². The van der Waals surface area contributed by atoms with Gasteiger partial charge in [0.2, 0.25) is 0 Å². The quantitative estimate of drug-likeness (QED) is 0.905. The smallest absolute Gasteiger partial charge is 0.332 e. The zero-order valence-corrected chi connectivity index (χ0v) is 12.2. The standard InChI is InChI=1S/C13H12ClF3N4O/c1-21-11(10(14)6-19-21)7-18-12(22)20-9-4-2-3-8(5-9)13(15,16)17/h2-6H,7H2,1H3,(H2,18,20,22). The van der Waals surface area contributed by atoms with Gasteiger partial charge < -0.3 is 10.6 Å². The molecule has 0 spiro atoms. The molecule has 0 radical (unpaired) electrons. The van der Waals surface area contributed by atoms with Crippen LogP contribution < -0.4 is 10.6 Å². The highest BCUT2D eigenvalue weighted by Gasteiger charge is 2.30. The van der Waals surface area contributed by atoms with Crippen molar-refractivity contribution in [3.63, 3.8) is 0 Å². The van der Waals surface area contributed by atoms with Crippen LogP contribution in [0.25, 0.3) is 0 Å². The molecule has 22 heavy (non-hydrogen) atoms. The SMILES string of the molecule is Cn1ncc(Cl)c1CNC(=O)Nc1cccc(C(F)(F)F)c1. The van der Waals surface area contributed by atoms with Crippen LogP contribution in [0.15, 0.2) is 30.5 Å². The summed E-state index contributed by atoms with van der Waals surface area (Å²) in [4.78, 5) is 11.7. The Morgan fingerprint density at radius 1 is 1.41 bits per heavy atom. The van der Waals surface area contributed by atoms with Gasteiger partial charge in [-0.15, -0.1) is 0 Å². The molecule has 0 unspecified atom stereocenters. The number of nitrogens with one attached hydrogen (secondary N) is 2. The van der Waals surface area contributed by atoms with E-state index in [0.29, 0.717) is 10.7 Å². The van der Waals surface area contributed by atoms with Crippen LogP contribution in [0.2, 0.25) is 5.02 Å². The van der Waals surface area contributed by atoms with E-state index in [0.717, 1.165) is 12.1 Å². The van der Waals surface area contributed by atoms with Crippen molar-refractivity contribution < 1.29 is 18.0 Å². The van der Waals surface area contributed by atoms with Crippen LogP contribution in [-0.4, -0.2) is 15.8 Å². The van der Waals surface area contributed by atoms with E-state index in [1.54, 1.807) is 7.05 Å². The van der Waals surface area contributed by atoms with Gasteiger partial charge in [-0.05, 0) is 18.2 Å². The predicted octanol–water partition coefficient (Wildman–Crippen LogP) is 3.41. The Morgan fingerprint density at radius 2 is 2.14 bits per heavy atom. The molecule has 0 saturated heterocycles. The van der Waals surface area contributed by atoms with Crippen LogP contribution in [0.5, 0.6) is 0 Å². The third-order valence-corrected chi connectivity index (χ3v) is 3.19. The number of amides is 2. The molecule has 0 saturated carbocycles. The number of benzene rings is 1. The number of aryl methyl sites for hydroxylation is 1. The first-order valence-corrected chi connectivity index (χ1v) is 6.53. The first kappa shape index (κ1) is 16.2.